The van der Waals surface area contributed by atoms with Crippen LogP contribution >= 0.6 is 0 Å². The second-order valence-electron chi connectivity index (χ2n) is 7.77. The predicted molar refractivity (Wildman–Crippen MR) is 87.7 cm³/mol. The van der Waals surface area contributed by atoms with Gasteiger partial charge in [-0.15, -0.1) is 0 Å². The Kier molecular flexibility index (Phi) is 5.21. The summed E-state index contributed by atoms with van der Waals surface area (Å²) >= 11 is 0. The van der Waals surface area contributed by atoms with E-state index < -0.39 is 5.97 Å². The molecule has 0 aliphatic rings. The molecule has 3 N–H and O–H groups in total. The Hall–Kier alpha value is -1.35. The van der Waals surface area contributed by atoms with Crippen LogP contribution in [-0.4, -0.2) is 11.1 Å². The number of aryl methyl sites for hydroxylation is 1. The van der Waals surface area contributed by atoms with E-state index in [1.165, 1.54) is 16.7 Å². The van der Waals surface area contributed by atoms with Gasteiger partial charge >= 0.3 is 5.97 Å². The molecular formula is C18H29NO2. The molecule has 0 saturated carbocycles. The molecule has 0 bridgehead atoms. The number of carboxylic acid groups (broad SMARTS) is 1. The summed E-state index contributed by atoms with van der Waals surface area (Å²) in [6.07, 6.45) is 0.724. The molecule has 1 rings (SSSR count). The number of hydrogen-bond donors (Lipinski definition) is 2. The normalized spacial score (nSPS) is 12.5. The van der Waals surface area contributed by atoms with Gasteiger partial charge in [0.05, 0.1) is 0 Å². The van der Waals surface area contributed by atoms with E-state index >= 15 is 0 Å². The van der Waals surface area contributed by atoms with Gasteiger partial charge in [-0.25, -0.2) is 0 Å². The summed E-state index contributed by atoms with van der Waals surface area (Å²) in [6, 6.07) is 4.28. The molecule has 21 heavy (non-hydrogen) atoms. The third kappa shape index (κ3) is 4.57. The van der Waals surface area contributed by atoms with Gasteiger partial charge in [0, 0.05) is 13.0 Å². The van der Waals surface area contributed by atoms with Crippen molar-refractivity contribution in [3.63, 3.8) is 0 Å². The number of nitrogens with two attached hydrogens (primary N) is 1. The third-order valence-corrected chi connectivity index (χ3v) is 3.76. The summed E-state index contributed by atoms with van der Waals surface area (Å²) in [7, 11) is 0. The highest BCUT2D eigenvalue weighted by molar-refractivity contribution is 5.67. The van der Waals surface area contributed by atoms with Gasteiger partial charge in [-0.05, 0) is 39.5 Å². The number of benzene rings is 1. The maximum Gasteiger partial charge on any atom is 0.303 e. The van der Waals surface area contributed by atoms with Crippen molar-refractivity contribution < 1.29 is 9.90 Å². The predicted octanol–water partition coefficient (Wildman–Crippen LogP) is 3.76. The molecule has 0 spiro atoms. The van der Waals surface area contributed by atoms with E-state index in [4.69, 9.17) is 10.8 Å². The van der Waals surface area contributed by atoms with E-state index in [2.05, 4.69) is 53.7 Å². The van der Waals surface area contributed by atoms with Crippen LogP contribution < -0.4 is 5.73 Å². The molecule has 0 atom stereocenters. The molecule has 0 radical (unpaired) electrons. The Bertz CT molecular complexity index is 484. The van der Waals surface area contributed by atoms with Crippen LogP contribution in [0, 0.1) is 0 Å². The lowest BCUT2D eigenvalue weighted by Crippen LogP contribution is -2.23. The molecular weight excluding hydrogens is 262 g/mol. The Morgan fingerprint density at radius 3 is 1.76 bits per heavy atom. The molecule has 0 unspecified atom stereocenters. The smallest absolute Gasteiger partial charge is 0.303 e. The average molecular weight is 291 g/mol. The summed E-state index contributed by atoms with van der Waals surface area (Å²) in [4.78, 5) is 10.8. The van der Waals surface area contributed by atoms with Crippen molar-refractivity contribution in [1.82, 2.24) is 0 Å². The van der Waals surface area contributed by atoms with Gasteiger partial charge in [-0.3, -0.25) is 4.79 Å². The zero-order chi connectivity index (χ0) is 16.4. The van der Waals surface area contributed by atoms with Crippen LogP contribution in [0.15, 0.2) is 12.1 Å². The van der Waals surface area contributed by atoms with Gasteiger partial charge in [0.2, 0.25) is 0 Å². The monoisotopic (exact) mass is 291 g/mol. The first-order valence-corrected chi connectivity index (χ1v) is 7.55. The highest BCUT2D eigenvalue weighted by Gasteiger charge is 2.25. The summed E-state index contributed by atoms with van der Waals surface area (Å²) in [5.74, 6) is -0.757. The maximum atomic E-state index is 10.8. The maximum absolute atomic E-state index is 10.8. The summed E-state index contributed by atoms with van der Waals surface area (Å²) in [6.45, 7) is 13.6. The van der Waals surface area contributed by atoms with Gasteiger partial charge in [0.1, 0.15) is 0 Å². The molecule has 0 saturated heterocycles. The quantitative estimate of drug-likeness (QED) is 0.888. The Morgan fingerprint density at radius 1 is 1.05 bits per heavy atom. The SMILES string of the molecule is CC(C)(C)c1cc(CCC(=O)O)cc(C(C)(C)C)c1CN. The Balaban J connectivity index is 3.47. The van der Waals surface area contributed by atoms with E-state index in [9.17, 15) is 4.79 Å². The lowest BCUT2D eigenvalue weighted by molar-refractivity contribution is -0.136. The molecule has 118 valence electrons. The summed E-state index contributed by atoms with van der Waals surface area (Å²) in [5, 5.41) is 8.91. The molecule has 0 heterocycles. The second-order valence-corrected chi connectivity index (χ2v) is 7.77. The van der Waals surface area contributed by atoms with Crippen molar-refractivity contribution in [3.8, 4) is 0 Å². The van der Waals surface area contributed by atoms with E-state index in [1.54, 1.807) is 0 Å². The third-order valence-electron chi connectivity index (χ3n) is 3.76. The lowest BCUT2D eigenvalue weighted by Gasteiger charge is -2.30. The van der Waals surface area contributed by atoms with Gasteiger partial charge in [0.25, 0.3) is 0 Å². The average Bonchev–Trinajstić information content (AvgIpc) is 2.32. The molecule has 1 aromatic carbocycles. The van der Waals surface area contributed by atoms with Crippen LogP contribution in [0.25, 0.3) is 0 Å². The molecule has 3 heteroatoms. The van der Waals surface area contributed by atoms with Crippen LogP contribution in [0.5, 0.6) is 0 Å². The van der Waals surface area contributed by atoms with E-state index in [0.717, 1.165) is 5.56 Å². The topological polar surface area (TPSA) is 63.3 Å². The molecule has 0 amide bonds. The first kappa shape index (κ1) is 17.7. The fourth-order valence-corrected chi connectivity index (χ4v) is 2.69. The van der Waals surface area contributed by atoms with Crippen molar-refractivity contribution in [3.05, 3.63) is 34.4 Å². The van der Waals surface area contributed by atoms with Crippen LogP contribution in [0.1, 0.15) is 70.2 Å². The zero-order valence-corrected chi connectivity index (χ0v) is 14.2. The van der Waals surface area contributed by atoms with Crippen molar-refractivity contribution in [2.75, 3.05) is 0 Å². The standard InChI is InChI=1S/C18H29NO2/c1-17(2,3)14-9-12(7-8-16(20)21)10-15(13(14)11-19)18(4,5)6/h9-10H,7-8,11,19H2,1-6H3,(H,20,21). The molecule has 1 aromatic rings. The number of rotatable bonds is 4. The highest BCUT2D eigenvalue weighted by atomic mass is 16.4. The van der Waals surface area contributed by atoms with Crippen molar-refractivity contribution in [2.45, 2.75) is 71.8 Å². The largest absolute Gasteiger partial charge is 0.481 e. The van der Waals surface area contributed by atoms with Crippen LogP contribution in [0.3, 0.4) is 0 Å². The minimum Gasteiger partial charge on any atom is -0.481 e. The van der Waals surface area contributed by atoms with Crippen molar-refractivity contribution in [2.24, 2.45) is 5.73 Å². The van der Waals surface area contributed by atoms with E-state index in [1.807, 2.05) is 0 Å². The highest BCUT2D eigenvalue weighted by Crippen LogP contribution is 2.35. The minimum absolute atomic E-state index is 0.00601. The number of carbonyl (C=O) groups is 1. The van der Waals surface area contributed by atoms with Gasteiger partial charge in [0.15, 0.2) is 0 Å². The lowest BCUT2D eigenvalue weighted by atomic mass is 9.75. The van der Waals surface area contributed by atoms with Gasteiger partial charge in [-0.1, -0.05) is 53.7 Å². The summed E-state index contributed by atoms with van der Waals surface area (Å²) in [5.41, 5.74) is 10.8. The number of carboxylic acids is 1. The summed E-state index contributed by atoms with van der Waals surface area (Å²) < 4.78 is 0. The Morgan fingerprint density at radius 2 is 1.48 bits per heavy atom. The molecule has 3 nitrogen and oxygen atoms in total. The van der Waals surface area contributed by atoms with E-state index in [-0.39, 0.29) is 17.3 Å². The van der Waals surface area contributed by atoms with Crippen LogP contribution in [0.2, 0.25) is 0 Å². The fraction of sp³-hybridized carbons (Fsp3) is 0.611. The fourth-order valence-electron chi connectivity index (χ4n) is 2.69. The molecule has 0 aliphatic carbocycles. The second kappa shape index (κ2) is 6.18. The van der Waals surface area contributed by atoms with Crippen molar-refractivity contribution >= 4 is 5.97 Å². The number of aliphatic carboxylic acids is 1. The zero-order valence-electron chi connectivity index (χ0n) is 14.2. The number of hydrogen-bond acceptors (Lipinski definition) is 2. The van der Waals surface area contributed by atoms with E-state index in [0.29, 0.717) is 13.0 Å². The minimum atomic E-state index is -0.757. The molecule has 0 fully saturated rings. The first-order valence-electron chi connectivity index (χ1n) is 7.55. The molecule has 0 aliphatic heterocycles. The first-order chi connectivity index (χ1) is 9.46. The molecule has 0 aromatic heterocycles. The van der Waals surface area contributed by atoms with Crippen LogP contribution in [-0.2, 0) is 28.6 Å². The Labute approximate surface area is 128 Å². The van der Waals surface area contributed by atoms with Gasteiger partial charge < -0.3 is 10.8 Å². The van der Waals surface area contributed by atoms with Gasteiger partial charge in [-0.2, -0.15) is 0 Å². The van der Waals surface area contributed by atoms with Crippen LogP contribution in [0.4, 0.5) is 0 Å². The van der Waals surface area contributed by atoms with Crippen molar-refractivity contribution in [1.29, 1.82) is 0 Å².